The van der Waals surface area contributed by atoms with Gasteiger partial charge in [-0.3, -0.25) is 0 Å². The molecule has 0 aromatic heterocycles. The van der Waals surface area contributed by atoms with Gasteiger partial charge in [0.2, 0.25) is 0 Å². The summed E-state index contributed by atoms with van der Waals surface area (Å²) in [4.78, 5) is 0. The summed E-state index contributed by atoms with van der Waals surface area (Å²) in [6, 6.07) is 9.63. The molecule has 0 fully saturated rings. The first kappa shape index (κ1) is 16.1. The zero-order chi connectivity index (χ0) is 15.4. The maximum absolute atomic E-state index is 14.4. The summed E-state index contributed by atoms with van der Waals surface area (Å²) in [7, 11) is 0. The lowest BCUT2D eigenvalue weighted by molar-refractivity contribution is 0.518. The van der Waals surface area contributed by atoms with Crippen LogP contribution in [0.2, 0.25) is 0 Å². The fourth-order valence-electron chi connectivity index (χ4n) is 2.29. The fraction of sp³-hybridized carbons (Fsp3) is 0.294. The zero-order valence-corrected chi connectivity index (χ0v) is 13.7. The molecular formula is C17H18BrF2N. The lowest BCUT2D eigenvalue weighted by Crippen LogP contribution is -2.25. The van der Waals surface area contributed by atoms with Crippen LogP contribution < -0.4 is 5.32 Å². The molecule has 4 heteroatoms. The van der Waals surface area contributed by atoms with E-state index in [1.54, 1.807) is 24.3 Å². The molecule has 0 amide bonds. The van der Waals surface area contributed by atoms with E-state index in [9.17, 15) is 8.78 Å². The minimum absolute atomic E-state index is 0.317. The third-order valence-corrected chi connectivity index (χ3v) is 3.97. The summed E-state index contributed by atoms with van der Waals surface area (Å²) in [6.07, 6.45) is 0.888. The maximum atomic E-state index is 14.4. The van der Waals surface area contributed by atoms with Gasteiger partial charge in [-0.25, -0.2) is 8.78 Å². The molecule has 0 bridgehead atoms. The van der Waals surface area contributed by atoms with E-state index in [1.807, 2.05) is 19.9 Å². The largest absolute Gasteiger partial charge is 0.306 e. The van der Waals surface area contributed by atoms with Crippen LogP contribution in [0.15, 0.2) is 40.9 Å². The Morgan fingerprint density at radius 3 is 2.57 bits per heavy atom. The molecule has 0 aliphatic heterocycles. The van der Waals surface area contributed by atoms with E-state index in [4.69, 9.17) is 0 Å². The van der Waals surface area contributed by atoms with Gasteiger partial charge in [-0.2, -0.15) is 0 Å². The third-order valence-electron chi connectivity index (χ3n) is 3.36. The summed E-state index contributed by atoms with van der Waals surface area (Å²) in [5.74, 6) is -0.672. The number of hydrogen-bond acceptors (Lipinski definition) is 1. The molecular weight excluding hydrogens is 336 g/mol. The number of benzene rings is 2. The van der Waals surface area contributed by atoms with E-state index in [1.165, 1.54) is 6.07 Å². The van der Waals surface area contributed by atoms with Crippen molar-refractivity contribution in [1.82, 2.24) is 5.32 Å². The van der Waals surface area contributed by atoms with Crippen LogP contribution >= 0.6 is 15.9 Å². The Morgan fingerprint density at radius 2 is 1.90 bits per heavy atom. The van der Waals surface area contributed by atoms with Crippen molar-refractivity contribution < 1.29 is 8.78 Å². The normalized spacial score (nSPS) is 12.4. The molecule has 2 rings (SSSR count). The fourth-order valence-corrected chi connectivity index (χ4v) is 2.67. The molecule has 0 aliphatic carbocycles. The number of rotatable bonds is 5. The van der Waals surface area contributed by atoms with Crippen molar-refractivity contribution in [3.8, 4) is 0 Å². The van der Waals surface area contributed by atoms with Crippen LogP contribution in [0.1, 0.15) is 36.1 Å². The summed E-state index contributed by atoms with van der Waals surface area (Å²) in [6.45, 7) is 4.54. The third kappa shape index (κ3) is 3.69. The summed E-state index contributed by atoms with van der Waals surface area (Å²) >= 11 is 3.19. The van der Waals surface area contributed by atoms with Crippen LogP contribution in [-0.2, 0) is 0 Å². The predicted molar refractivity (Wildman–Crippen MR) is 85.4 cm³/mol. The van der Waals surface area contributed by atoms with Gasteiger partial charge in [-0.05, 0) is 53.5 Å². The van der Waals surface area contributed by atoms with Crippen molar-refractivity contribution in [1.29, 1.82) is 0 Å². The van der Waals surface area contributed by atoms with Crippen LogP contribution in [0.5, 0.6) is 0 Å². The van der Waals surface area contributed by atoms with Crippen molar-refractivity contribution in [2.75, 3.05) is 6.54 Å². The Kier molecular flexibility index (Phi) is 5.48. The Morgan fingerprint density at radius 1 is 1.14 bits per heavy atom. The molecule has 2 aromatic carbocycles. The molecule has 0 heterocycles. The van der Waals surface area contributed by atoms with Crippen molar-refractivity contribution in [2.24, 2.45) is 0 Å². The zero-order valence-electron chi connectivity index (χ0n) is 12.1. The molecule has 112 valence electrons. The highest BCUT2D eigenvalue weighted by Crippen LogP contribution is 2.30. The predicted octanol–water partition coefficient (Wildman–Crippen LogP) is 5.12. The lowest BCUT2D eigenvalue weighted by atomic mass is 9.96. The molecule has 0 aliphatic rings. The Hall–Kier alpha value is -1.26. The summed E-state index contributed by atoms with van der Waals surface area (Å²) in [5.41, 5.74) is 1.76. The van der Waals surface area contributed by atoms with Gasteiger partial charge in [0.15, 0.2) is 0 Å². The van der Waals surface area contributed by atoms with E-state index in [2.05, 4.69) is 21.2 Å². The second-order valence-corrected chi connectivity index (χ2v) is 5.91. The van der Waals surface area contributed by atoms with Crippen LogP contribution in [-0.4, -0.2) is 6.54 Å². The Balaban J connectivity index is 2.49. The van der Waals surface area contributed by atoms with E-state index in [0.717, 1.165) is 12.0 Å². The highest BCUT2D eigenvalue weighted by Gasteiger charge is 2.21. The highest BCUT2D eigenvalue weighted by atomic mass is 79.9. The molecule has 0 saturated carbocycles. The van der Waals surface area contributed by atoms with E-state index in [-0.39, 0.29) is 11.6 Å². The van der Waals surface area contributed by atoms with E-state index >= 15 is 0 Å². The Bertz CT molecular complexity index is 628. The van der Waals surface area contributed by atoms with Gasteiger partial charge in [-0.1, -0.05) is 31.2 Å². The number of nitrogens with one attached hydrogen (secondary N) is 1. The molecule has 0 radical (unpaired) electrons. The first-order chi connectivity index (χ1) is 10.0. The van der Waals surface area contributed by atoms with Crippen LogP contribution in [0.3, 0.4) is 0 Å². The number of halogens is 3. The van der Waals surface area contributed by atoms with Gasteiger partial charge in [0.25, 0.3) is 0 Å². The average molecular weight is 354 g/mol. The monoisotopic (exact) mass is 353 g/mol. The van der Waals surface area contributed by atoms with Crippen molar-refractivity contribution >= 4 is 15.9 Å². The second-order valence-electron chi connectivity index (χ2n) is 5.06. The average Bonchev–Trinajstić information content (AvgIpc) is 2.45. The van der Waals surface area contributed by atoms with Gasteiger partial charge < -0.3 is 5.32 Å². The smallest absolute Gasteiger partial charge is 0.142 e. The second kappa shape index (κ2) is 7.14. The van der Waals surface area contributed by atoms with Crippen LogP contribution in [0, 0.1) is 18.6 Å². The van der Waals surface area contributed by atoms with Gasteiger partial charge in [0.1, 0.15) is 11.6 Å². The van der Waals surface area contributed by atoms with E-state index in [0.29, 0.717) is 22.1 Å². The molecule has 21 heavy (non-hydrogen) atoms. The van der Waals surface area contributed by atoms with Gasteiger partial charge in [0.05, 0.1) is 10.5 Å². The Labute approximate surface area is 132 Å². The molecule has 1 unspecified atom stereocenters. The van der Waals surface area contributed by atoms with Crippen molar-refractivity contribution in [3.05, 3.63) is 69.2 Å². The maximum Gasteiger partial charge on any atom is 0.142 e. The van der Waals surface area contributed by atoms with Crippen LogP contribution in [0.4, 0.5) is 8.78 Å². The molecule has 1 N–H and O–H groups in total. The van der Waals surface area contributed by atoms with E-state index < -0.39 is 6.04 Å². The lowest BCUT2D eigenvalue weighted by Gasteiger charge is -2.21. The number of aryl methyl sites for hydroxylation is 1. The van der Waals surface area contributed by atoms with Crippen LogP contribution in [0.25, 0.3) is 0 Å². The molecule has 2 aromatic rings. The molecule has 0 saturated heterocycles. The quantitative estimate of drug-likeness (QED) is 0.785. The van der Waals surface area contributed by atoms with Crippen molar-refractivity contribution in [2.45, 2.75) is 26.3 Å². The summed E-state index contributed by atoms with van der Waals surface area (Å²) in [5, 5.41) is 3.23. The van der Waals surface area contributed by atoms with Gasteiger partial charge in [0, 0.05) is 11.1 Å². The minimum Gasteiger partial charge on any atom is -0.306 e. The van der Waals surface area contributed by atoms with Gasteiger partial charge in [-0.15, -0.1) is 0 Å². The first-order valence-corrected chi connectivity index (χ1v) is 7.77. The molecule has 1 nitrogen and oxygen atoms in total. The number of hydrogen-bond donors (Lipinski definition) is 1. The molecule has 1 atom stereocenters. The minimum atomic E-state index is -0.497. The SMILES string of the molecule is CCCNC(c1ccc(C)cc1F)c1cccc(Br)c1F. The highest BCUT2D eigenvalue weighted by molar-refractivity contribution is 9.10. The topological polar surface area (TPSA) is 12.0 Å². The first-order valence-electron chi connectivity index (χ1n) is 6.98. The van der Waals surface area contributed by atoms with Crippen molar-refractivity contribution in [3.63, 3.8) is 0 Å². The summed E-state index contributed by atoms with van der Waals surface area (Å²) < 4.78 is 29.0. The standard InChI is InChI=1S/C17H18BrF2N/c1-3-9-21-17(12-8-7-11(2)10-15(12)19)13-5-4-6-14(18)16(13)20/h4-8,10,17,21H,3,9H2,1-2H3. The van der Waals surface area contributed by atoms with Gasteiger partial charge >= 0.3 is 0 Å². The molecule has 0 spiro atoms.